The van der Waals surface area contributed by atoms with Crippen molar-refractivity contribution in [3.8, 4) is 5.75 Å². The van der Waals surface area contributed by atoms with E-state index in [9.17, 15) is 9.90 Å². The number of carbonyl (C=O) groups is 1. The Morgan fingerprint density at radius 3 is 3.03 bits per heavy atom. The molecule has 156 valence electrons. The van der Waals surface area contributed by atoms with Gasteiger partial charge in [-0.3, -0.25) is 4.79 Å². The van der Waals surface area contributed by atoms with Gasteiger partial charge in [0.1, 0.15) is 5.75 Å². The maximum absolute atomic E-state index is 12.2. The standard InChI is InChI=1S/C24H27N3O3/c28-23-24(29)27-20-9-12-26(14-18(20)17-7-2-8-19(25-23)21(17)27)11-3-6-15-4-1-5-16-10-13-30-22(15)16/h1-2,4-5,7-8,18,20,24,29H,3,6,9-14H2,(H,25,28)/t18-,20-,24?/m0/s1. The third kappa shape index (κ3) is 2.74. The lowest BCUT2D eigenvalue weighted by molar-refractivity contribution is -0.124. The summed E-state index contributed by atoms with van der Waals surface area (Å²) >= 11 is 0. The number of hydrogen-bond acceptors (Lipinski definition) is 5. The molecule has 6 heteroatoms. The van der Waals surface area contributed by atoms with Gasteiger partial charge >= 0.3 is 0 Å². The summed E-state index contributed by atoms with van der Waals surface area (Å²) in [6, 6.07) is 12.8. The lowest BCUT2D eigenvalue weighted by atomic mass is 9.89. The second kappa shape index (κ2) is 7.00. The van der Waals surface area contributed by atoms with Crippen LogP contribution in [0.15, 0.2) is 36.4 Å². The summed E-state index contributed by atoms with van der Waals surface area (Å²) in [6.45, 7) is 3.84. The Hall–Kier alpha value is -2.57. The number of rotatable bonds is 4. The summed E-state index contributed by atoms with van der Waals surface area (Å²) in [5.74, 6) is 1.13. The number of likely N-dealkylation sites (tertiary alicyclic amines) is 1. The van der Waals surface area contributed by atoms with Crippen LogP contribution in [-0.2, 0) is 17.6 Å². The lowest BCUT2D eigenvalue weighted by Gasteiger charge is -2.41. The van der Waals surface area contributed by atoms with Crippen LogP contribution >= 0.6 is 0 Å². The van der Waals surface area contributed by atoms with Crippen LogP contribution in [0.25, 0.3) is 0 Å². The summed E-state index contributed by atoms with van der Waals surface area (Å²) < 4.78 is 5.85. The number of anilines is 2. The van der Waals surface area contributed by atoms with Crippen LogP contribution in [-0.4, -0.2) is 54.4 Å². The van der Waals surface area contributed by atoms with Crippen LogP contribution in [0.2, 0.25) is 0 Å². The molecule has 30 heavy (non-hydrogen) atoms. The van der Waals surface area contributed by atoms with Gasteiger partial charge in [-0.05, 0) is 48.6 Å². The van der Waals surface area contributed by atoms with E-state index in [-0.39, 0.29) is 11.9 Å². The highest BCUT2D eigenvalue weighted by Gasteiger charge is 2.48. The molecule has 6 rings (SSSR count). The zero-order valence-electron chi connectivity index (χ0n) is 17.0. The van der Waals surface area contributed by atoms with Crippen molar-refractivity contribution < 1.29 is 14.6 Å². The van der Waals surface area contributed by atoms with Crippen LogP contribution in [0.5, 0.6) is 5.75 Å². The van der Waals surface area contributed by atoms with E-state index in [0.717, 1.165) is 69.0 Å². The average Bonchev–Trinajstić information content (AvgIpc) is 3.36. The summed E-state index contributed by atoms with van der Waals surface area (Å²) in [6.07, 6.45) is 3.06. The van der Waals surface area contributed by atoms with Gasteiger partial charge in [-0.2, -0.15) is 0 Å². The van der Waals surface area contributed by atoms with Crippen molar-refractivity contribution >= 4 is 17.3 Å². The Kier molecular flexibility index (Phi) is 4.25. The number of hydrogen-bond donors (Lipinski definition) is 2. The van der Waals surface area contributed by atoms with Crippen LogP contribution < -0.4 is 15.0 Å². The molecule has 0 aromatic heterocycles. The van der Waals surface area contributed by atoms with Crippen molar-refractivity contribution in [2.75, 3.05) is 36.5 Å². The van der Waals surface area contributed by atoms with Crippen molar-refractivity contribution in [3.63, 3.8) is 0 Å². The number of fused-ring (bicyclic) bond motifs is 4. The fourth-order valence-corrected chi connectivity index (χ4v) is 5.86. The van der Waals surface area contributed by atoms with E-state index in [1.165, 1.54) is 16.7 Å². The Balaban J connectivity index is 1.16. The molecule has 4 aliphatic heterocycles. The predicted octanol–water partition coefficient (Wildman–Crippen LogP) is 2.50. The van der Waals surface area contributed by atoms with Gasteiger partial charge in [-0.25, -0.2) is 0 Å². The van der Waals surface area contributed by atoms with E-state index in [1.54, 1.807) is 0 Å². The third-order valence-electron chi connectivity index (χ3n) is 7.21. The summed E-state index contributed by atoms with van der Waals surface area (Å²) in [5, 5.41) is 13.4. The Bertz CT molecular complexity index is 1010. The molecule has 0 radical (unpaired) electrons. The molecule has 4 heterocycles. The van der Waals surface area contributed by atoms with Crippen LogP contribution in [0.1, 0.15) is 35.4 Å². The minimum absolute atomic E-state index is 0.198. The Morgan fingerprint density at radius 2 is 2.10 bits per heavy atom. The van der Waals surface area contributed by atoms with E-state index in [4.69, 9.17) is 4.74 Å². The Morgan fingerprint density at radius 1 is 1.20 bits per heavy atom. The normalized spacial score (nSPS) is 26.6. The predicted molar refractivity (Wildman–Crippen MR) is 115 cm³/mol. The van der Waals surface area contributed by atoms with Crippen molar-refractivity contribution in [3.05, 3.63) is 53.1 Å². The topological polar surface area (TPSA) is 65.0 Å². The maximum atomic E-state index is 12.2. The smallest absolute Gasteiger partial charge is 0.274 e. The second-order valence-corrected chi connectivity index (χ2v) is 8.88. The number of nitrogens with zero attached hydrogens (tertiary/aromatic N) is 2. The van der Waals surface area contributed by atoms with Gasteiger partial charge < -0.3 is 25.0 Å². The van der Waals surface area contributed by atoms with Gasteiger partial charge in [-0.1, -0.05) is 30.3 Å². The molecule has 2 N–H and O–H groups in total. The van der Waals surface area contributed by atoms with Crippen molar-refractivity contribution in [2.24, 2.45) is 0 Å². The molecule has 0 bridgehead atoms. The molecule has 3 atom stereocenters. The molecule has 4 aliphatic rings. The third-order valence-corrected chi connectivity index (χ3v) is 7.21. The van der Waals surface area contributed by atoms with E-state index < -0.39 is 6.23 Å². The number of piperidine rings is 1. The summed E-state index contributed by atoms with van der Waals surface area (Å²) in [5.41, 5.74) is 5.80. The van der Waals surface area contributed by atoms with Crippen molar-refractivity contribution in [1.29, 1.82) is 0 Å². The molecule has 1 saturated heterocycles. The number of ether oxygens (including phenoxy) is 1. The first-order valence-electron chi connectivity index (χ1n) is 11.1. The average molecular weight is 405 g/mol. The van der Waals surface area contributed by atoms with Gasteiger partial charge in [0, 0.05) is 31.5 Å². The van der Waals surface area contributed by atoms with E-state index >= 15 is 0 Å². The van der Waals surface area contributed by atoms with E-state index in [0.29, 0.717) is 5.92 Å². The number of aliphatic hydroxyl groups is 1. The number of carbonyl (C=O) groups excluding carboxylic acids is 1. The van der Waals surface area contributed by atoms with Crippen LogP contribution in [0.4, 0.5) is 11.4 Å². The minimum atomic E-state index is -1.08. The molecule has 0 saturated carbocycles. The SMILES string of the molecule is O=C1Nc2cccc3c2N(C1O)[C@H]1CCN(CCCc2cccc4c2OCC4)C[C@@H]31. The number of benzene rings is 2. The zero-order valence-corrected chi connectivity index (χ0v) is 17.0. The number of aliphatic hydroxyl groups excluding tert-OH is 1. The summed E-state index contributed by atoms with van der Waals surface area (Å²) in [7, 11) is 0. The first-order valence-corrected chi connectivity index (χ1v) is 11.1. The Labute approximate surface area is 176 Å². The quantitative estimate of drug-likeness (QED) is 0.818. The zero-order chi connectivity index (χ0) is 20.2. The molecule has 1 unspecified atom stereocenters. The van der Waals surface area contributed by atoms with E-state index in [2.05, 4.69) is 34.5 Å². The van der Waals surface area contributed by atoms with Crippen molar-refractivity contribution in [2.45, 2.75) is 43.9 Å². The molecule has 2 aromatic carbocycles. The number of nitrogens with one attached hydrogen (secondary N) is 1. The van der Waals surface area contributed by atoms with Crippen LogP contribution in [0.3, 0.4) is 0 Å². The van der Waals surface area contributed by atoms with Crippen LogP contribution in [0, 0.1) is 0 Å². The molecule has 0 spiro atoms. The molecular formula is C24H27N3O3. The lowest BCUT2D eigenvalue weighted by Crippen LogP contribution is -2.54. The fourth-order valence-electron chi connectivity index (χ4n) is 5.86. The maximum Gasteiger partial charge on any atom is 0.274 e. The second-order valence-electron chi connectivity index (χ2n) is 8.88. The molecule has 1 fully saturated rings. The first-order chi connectivity index (χ1) is 14.7. The number of aryl methyl sites for hydroxylation is 1. The largest absolute Gasteiger partial charge is 0.493 e. The molecule has 1 amide bonds. The van der Waals surface area contributed by atoms with Gasteiger partial charge in [0.05, 0.1) is 18.0 Å². The summed E-state index contributed by atoms with van der Waals surface area (Å²) in [4.78, 5) is 16.7. The fraction of sp³-hybridized carbons (Fsp3) is 0.458. The number of para-hydroxylation sites is 2. The van der Waals surface area contributed by atoms with Gasteiger partial charge in [0.2, 0.25) is 6.23 Å². The number of amides is 1. The highest BCUT2D eigenvalue weighted by molar-refractivity contribution is 6.04. The molecular weight excluding hydrogens is 378 g/mol. The van der Waals surface area contributed by atoms with Gasteiger partial charge in [0.25, 0.3) is 5.91 Å². The van der Waals surface area contributed by atoms with E-state index in [1.807, 2.05) is 17.0 Å². The first kappa shape index (κ1) is 18.2. The molecule has 2 aromatic rings. The van der Waals surface area contributed by atoms with Crippen molar-refractivity contribution in [1.82, 2.24) is 4.90 Å². The highest BCUT2D eigenvalue weighted by Crippen LogP contribution is 2.50. The van der Waals surface area contributed by atoms with Gasteiger partial charge in [0.15, 0.2) is 0 Å². The highest BCUT2D eigenvalue weighted by atomic mass is 16.5. The van der Waals surface area contributed by atoms with Gasteiger partial charge in [-0.15, -0.1) is 0 Å². The monoisotopic (exact) mass is 405 g/mol. The minimum Gasteiger partial charge on any atom is -0.493 e. The molecule has 0 aliphatic carbocycles. The molecule has 6 nitrogen and oxygen atoms in total.